The largest absolute Gasteiger partial charge is 0.0563 e. The van der Waals surface area contributed by atoms with Gasteiger partial charge < -0.3 is 0 Å². The van der Waals surface area contributed by atoms with Gasteiger partial charge in [0.1, 0.15) is 0 Å². The summed E-state index contributed by atoms with van der Waals surface area (Å²) in [6.45, 7) is 18.0. The first-order valence-electron chi connectivity index (χ1n) is 14.5. The highest BCUT2D eigenvalue weighted by Gasteiger charge is 2.18. The quantitative estimate of drug-likeness (QED) is 0.136. The summed E-state index contributed by atoms with van der Waals surface area (Å²) >= 11 is 0. The third-order valence-electron chi connectivity index (χ3n) is 7.34. The van der Waals surface area contributed by atoms with Crippen LogP contribution < -0.4 is 21.2 Å². The van der Waals surface area contributed by atoms with Crippen LogP contribution in [0.4, 0.5) is 0 Å². The van der Waals surface area contributed by atoms with Gasteiger partial charge in [-0.05, 0) is 118 Å². The molecule has 0 amide bonds. The molecule has 0 aliphatic heterocycles. The molecule has 39 heavy (non-hydrogen) atoms. The van der Waals surface area contributed by atoms with Gasteiger partial charge in [0.2, 0.25) is 0 Å². The molecular weight excluding hydrogens is 506 g/mol. The predicted octanol–water partition coefficient (Wildman–Crippen LogP) is 8.89. The van der Waals surface area contributed by atoms with E-state index in [-0.39, 0.29) is 15.8 Å². The SMILES string of the molecule is Cc1cc(C)cc(P(CCCCCP(c2cc(C)cc(C)c2)c2cc(C)cc(C)c2)c2cc(C)cc(C)c2)c1. The molecule has 0 aromatic heterocycles. The maximum atomic E-state index is 2.44. The van der Waals surface area contributed by atoms with Crippen LogP contribution in [0.5, 0.6) is 0 Å². The molecule has 4 rings (SSSR count). The molecule has 0 spiro atoms. The van der Waals surface area contributed by atoms with E-state index in [4.69, 9.17) is 0 Å². The van der Waals surface area contributed by atoms with Crippen molar-refractivity contribution in [1.29, 1.82) is 0 Å². The van der Waals surface area contributed by atoms with Gasteiger partial charge >= 0.3 is 0 Å². The molecule has 0 unspecified atom stereocenters. The van der Waals surface area contributed by atoms with E-state index < -0.39 is 0 Å². The average molecular weight is 553 g/mol. The Labute approximate surface area is 240 Å². The Bertz CT molecular complexity index is 1140. The molecule has 4 aromatic carbocycles. The zero-order valence-electron chi connectivity index (χ0n) is 25.4. The molecule has 0 aliphatic carbocycles. The van der Waals surface area contributed by atoms with Crippen molar-refractivity contribution in [2.45, 2.75) is 74.7 Å². The summed E-state index contributed by atoms with van der Waals surface area (Å²) in [5.74, 6) is 0. The summed E-state index contributed by atoms with van der Waals surface area (Å²) in [5.41, 5.74) is 11.1. The Balaban J connectivity index is 1.51. The van der Waals surface area contributed by atoms with Crippen molar-refractivity contribution in [2.75, 3.05) is 12.3 Å². The van der Waals surface area contributed by atoms with E-state index in [1.807, 2.05) is 0 Å². The average Bonchev–Trinajstić information content (AvgIpc) is 2.81. The minimum atomic E-state index is -0.347. The van der Waals surface area contributed by atoms with Crippen LogP contribution in [-0.2, 0) is 0 Å². The van der Waals surface area contributed by atoms with Crippen molar-refractivity contribution in [1.82, 2.24) is 0 Å². The Kier molecular flexibility index (Phi) is 10.2. The summed E-state index contributed by atoms with van der Waals surface area (Å²) in [6, 6.07) is 28.7. The van der Waals surface area contributed by atoms with E-state index in [2.05, 4.69) is 128 Å². The van der Waals surface area contributed by atoms with Gasteiger partial charge in [-0.25, -0.2) is 0 Å². The molecule has 0 saturated heterocycles. The van der Waals surface area contributed by atoms with Crippen LogP contribution >= 0.6 is 15.8 Å². The fraction of sp³-hybridized carbons (Fsp3) is 0.351. The summed E-state index contributed by atoms with van der Waals surface area (Å²) in [6.07, 6.45) is 6.41. The van der Waals surface area contributed by atoms with Crippen molar-refractivity contribution in [3.8, 4) is 0 Å². The standard InChI is InChI=1S/C37H46P2/c1-26-14-27(2)19-34(18-26)38(35-20-28(3)15-29(4)21-35)12-10-9-11-13-39(36-22-30(5)16-31(6)23-36)37-24-32(7)17-33(8)25-37/h14-25H,9-13H2,1-8H3. The first-order chi connectivity index (χ1) is 18.6. The van der Waals surface area contributed by atoms with Crippen LogP contribution in [0, 0.1) is 55.4 Å². The lowest BCUT2D eigenvalue weighted by molar-refractivity contribution is 0.782. The van der Waals surface area contributed by atoms with Crippen molar-refractivity contribution in [3.63, 3.8) is 0 Å². The molecular formula is C37H46P2. The normalized spacial score (nSPS) is 11.5. The molecule has 0 heterocycles. The van der Waals surface area contributed by atoms with E-state index in [1.54, 1.807) is 21.2 Å². The lowest BCUT2D eigenvalue weighted by Gasteiger charge is -2.23. The molecule has 0 bridgehead atoms. The molecule has 2 heteroatoms. The predicted molar refractivity (Wildman–Crippen MR) is 180 cm³/mol. The van der Waals surface area contributed by atoms with Crippen LogP contribution in [0.3, 0.4) is 0 Å². The van der Waals surface area contributed by atoms with Gasteiger partial charge in [-0.15, -0.1) is 0 Å². The Hall–Kier alpha value is -2.26. The van der Waals surface area contributed by atoms with Crippen molar-refractivity contribution in [2.24, 2.45) is 0 Å². The number of unbranched alkanes of at least 4 members (excludes halogenated alkanes) is 2. The highest BCUT2D eigenvalue weighted by molar-refractivity contribution is 7.73. The van der Waals surface area contributed by atoms with Gasteiger partial charge in [-0.1, -0.05) is 124 Å². The molecule has 0 fully saturated rings. The molecule has 0 N–H and O–H groups in total. The van der Waals surface area contributed by atoms with Crippen molar-refractivity contribution in [3.05, 3.63) is 117 Å². The second-order valence-electron chi connectivity index (χ2n) is 11.7. The smallest absolute Gasteiger partial charge is 0.0190 e. The zero-order chi connectivity index (χ0) is 28.1. The van der Waals surface area contributed by atoms with Crippen molar-refractivity contribution >= 4 is 37.1 Å². The minimum Gasteiger partial charge on any atom is -0.0563 e. The lowest BCUT2D eigenvalue weighted by atomic mass is 10.2. The number of hydrogen-bond acceptors (Lipinski definition) is 0. The Morgan fingerprint density at radius 1 is 0.308 bits per heavy atom. The first kappa shape index (κ1) is 29.7. The maximum absolute atomic E-state index is 2.44. The zero-order valence-corrected chi connectivity index (χ0v) is 27.1. The summed E-state index contributed by atoms with van der Waals surface area (Å²) in [5, 5.41) is 6.17. The van der Waals surface area contributed by atoms with Crippen LogP contribution in [0.25, 0.3) is 0 Å². The van der Waals surface area contributed by atoms with E-state index in [0.717, 1.165) is 0 Å². The lowest BCUT2D eigenvalue weighted by Crippen LogP contribution is -2.17. The van der Waals surface area contributed by atoms with E-state index >= 15 is 0 Å². The topological polar surface area (TPSA) is 0 Å². The maximum Gasteiger partial charge on any atom is -0.0190 e. The summed E-state index contributed by atoms with van der Waals surface area (Å²) < 4.78 is 0. The van der Waals surface area contributed by atoms with Gasteiger partial charge in [0.05, 0.1) is 0 Å². The second kappa shape index (κ2) is 13.4. The van der Waals surface area contributed by atoms with Gasteiger partial charge in [-0.2, -0.15) is 0 Å². The third kappa shape index (κ3) is 8.37. The van der Waals surface area contributed by atoms with Gasteiger partial charge in [0.25, 0.3) is 0 Å². The molecule has 0 nitrogen and oxygen atoms in total. The summed E-state index contributed by atoms with van der Waals surface area (Å²) in [4.78, 5) is 0. The Morgan fingerprint density at radius 3 is 0.718 bits per heavy atom. The Morgan fingerprint density at radius 2 is 0.513 bits per heavy atom. The highest BCUT2D eigenvalue weighted by Crippen LogP contribution is 2.39. The number of aryl methyl sites for hydroxylation is 8. The molecule has 0 atom stereocenters. The molecule has 0 radical (unpaired) electrons. The highest BCUT2D eigenvalue weighted by atomic mass is 31.1. The van der Waals surface area contributed by atoms with E-state index in [1.165, 1.54) is 76.1 Å². The first-order valence-corrected chi connectivity index (χ1v) is 17.5. The van der Waals surface area contributed by atoms with E-state index in [9.17, 15) is 0 Å². The molecule has 4 aromatic rings. The number of benzene rings is 4. The van der Waals surface area contributed by atoms with Crippen molar-refractivity contribution < 1.29 is 0 Å². The van der Waals surface area contributed by atoms with Crippen LogP contribution in [0.15, 0.2) is 72.8 Å². The molecule has 204 valence electrons. The fourth-order valence-corrected chi connectivity index (χ4v) is 11.5. The van der Waals surface area contributed by atoms with Gasteiger partial charge in [-0.3, -0.25) is 0 Å². The fourth-order valence-electron chi connectivity index (χ4n) is 5.96. The van der Waals surface area contributed by atoms with Crippen LogP contribution in [0.2, 0.25) is 0 Å². The van der Waals surface area contributed by atoms with Gasteiger partial charge in [0.15, 0.2) is 0 Å². The number of hydrogen-bond donors (Lipinski definition) is 0. The molecule has 0 saturated carbocycles. The second-order valence-corrected chi connectivity index (χ2v) is 16.4. The molecule has 0 aliphatic rings. The van der Waals surface area contributed by atoms with Gasteiger partial charge in [0, 0.05) is 0 Å². The van der Waals surface area contributed by atoms with Crippen LogP contribution in [-0.4, -0.2) is 12.3 Å². The monoisotopic (exact) mass is 552 g/mol. The number of rotatable bonds is 10. The van der Waals surface area contributed by atoms with E-state index in [0.29, 0.717) is 0 Å². The minimum absolute atomic E-state index is 0.347. The third-order valence-corrected chi connectivity index (χ3v) is 12.4. The summed E-state index contributed by atoms with van der Waals surface area (Å²) in [7, 11) is -0.695. The van der Waals surface area contributed by atoms with Crippen LogP contribution in [0.1, 0.15) is 63.8 Å².